The quantitative estimate of drug-likeness (QED) is 0.206. The van der Waals surface area contributed by atoms with Gasteiger partial charge in [-0.15, -0.1) is 22.7 Å². The van der Waals surface area contributed by atoms with Gasteiger partial charge in [0, 0.05) is 34.4 Å². The van der Waals surface area contributed by atoms with E-state index in [-0.39, 0.29) is 0 Å². The van der Waals surface area contributed by atoms with Gasteiger partial charge in [-0.25, -0.2) is 0 Å². The number of rotatable bonds is 8. The van der Waals surface area contributed by atoms with E-state index in [9.17, 15) is 0 Å². The molecule has 0 amide bonds. The third kappa shape index (κ3) is 3.87. The van der Waals surface area contributed by atoms with Crippen molar-refractivity contribution in [1.29, 1.82) is 0 Å². The molecule has 0 saturated heterocycles. The average molecular weight is 489 g/mol. The Morgan fingerprint density at radius 3 is 1.44 bits per heavy atom. The molecule has 2 aromatic heterocycles. The molecule has 6 heteroatoms. The van der Waals surface area contributed by atoms with Gasteiger partial charge < -0.3 is 18.9 Å². The fraction of sp³-hybridized carbons (Fsp3) is 0.214. The lowest BCUT2D eigenvalue weighted by molar-refractivity contribution is 0.146. The van der Waals surface area contributed by atoms with Crippen LogP contribution in [0.2, 0.25) is 0 Å². The first-order valence-electron chi connectivity index (χ1n) is 11.2. The van der Waals surface area contributed by atoms with Crippen molar-refractivity contribution in [3.8, 4) is 11.5 Å². The van der Waals surface area contributed by atoms with E-state index in [0.29, 0.717) is 26.4 Å². The third-order valence-corrected chi connectivity index (χ3v) is 8.55. The van der Waals surface area contributed by atoms with E-state index in [0.717, 1.165) is 11.5 Å². The molecular weight excluding hydrogens is 464 g/mol. The summed E-state index contributed by atoms with van der Waals surface area (Å²) >= 11 is 3.75. The summed E-state index contributed by atoms with van der Waals surface area (Å²) < 4.78 is 27.1. The van der Waals surface area contributed by atoms with Gasteiger partial charge in [0.2, 0.25) is 0 Å². The lowest BCUT2D eigenvalue weighted by Gasteiger charge is -2.07. The predicted molar refractivity (Wildman–Crippen MR) is 144 cm³/mol. The predicted octanol–water partition coefficient (Wildman–Crippen LogP) is 7.63. The molecule has 0 radical (unpaired) electrons. The third-order valence-electron chi connectivity index (χ3n) is 6.05. The highest BCUT2D eigenvalue weighted by atomic mass is 32.1. The molecule has 172 valence electrons. The van der Waals surface area contributed by atoms with E-state index >= 15 is 0 Å². The van der Waals surface area contributed by atoms with E-state index in [1.54, 1.807) is 14.2 Å². The molecule has 4 aromatic carbocycles. The summed E-state index contributed by atoms with van der Waals surface area (Å²) in [4.78, 5) is 0. The Morgan fingerprint density at radius 2 is 1.00 bits per heavy atom. The van der Waals surface area contributed by atoms with Crippen LogP contribution in [0.25, 0.3) is 51.1 Å². The second-order valence-corrected chi connectivity index (χ2v) is 10.4. The van der Waals surface area contributed by atoms with Crippen molar-refractivity contribution in [2.75, 3.05) is 40.6 Å². The number of fused-ring (bicyclic) bond motifs is 7. The van der Waals surface area contributed by atoms with Gasteiger partial charge in [-0.1, -0.05) is 12.1 Å². The van der Waals surface area contributed by atoms with Gasteiger partial charge in [0.15, 0.2) is 0 Å². The molecule has 0 aliphatic heterocycles. The van der Waals surface area contributed by atoms with Gasteiger partial charge in [0.25, 0.3) is 0 Å². The Balaban J connectivity index is 1.42. The highest BCUT2D eigenvalue weighted by Crippen LogP contribution is 2.46. The Labute approximate surface area is 205 Å². The van der Waals surface area contributed by atoms with E-state index in [4.69, 9.17) is 18.9 Å². The fourth-order valence-electron chi connectivity index (χ4n) is 4.37. The lowest BCUT2D eigenvalue weighted by atomic mass is 10.1. The zero-order valence-electron chi connectivity index (χ0n) is 19.1. The van der Waals surface area contributed by atoms with Crippen molar-refractivity contribution in [3.63, 3.8) is 0 Å². The first kappa shape index (κ1) is 21.6. The largest absolute Gasteiger partial charge is 0.491 e. The van der Waals surface area contributed by atoms with Crippen molar-refractivity contribution >= 4 is 73.8 Å². The standard InChI is InChI=1S/C28H24O4S2/c1-29-7-9-31-21-5-3-17-13-23-25(15-19(17)11-21)33-28-24-14-18-4-6-22(32-10-8-30-2)12-20(18)16-26(24)34-27(23)28/h3-6,11-16H,7-10H2,1-2H3. The second-order valence-electron chi connectivity index (χ2n) is 8.26. The molecule has 4 nitrogen and oxygen atoms in total. The van der Waals surface area contributed by atoms with Gasteiger partial charge in [-0.3, -0.25) is 0 Å². The van der Waals surface area contributed by atoms with Crippen LogP contribution in [-0.2, 0) is 9.47 Å². The normalized spacial score (nSPS) is 11.9. The van der Waals surface area contributed by atoms with Crippen LogP contribution in [0.15, 0.2) is 60.7 Å². The average Bonchev–Trinajstić information content (AvgIpc) is 3.36. The molecule has 34 heavy (non-hydrogen) atoms. The molecule has 0 atom stereocenters. The molecule has 0 N–H and O–H groups in total. The van der Waals surface area contributed by atoms with Crippen molar-refractivity contribution in [1.82, 2.24) is 0 Å². The minimum absolute atomic E-state index is 0.555. The van der Waals surface area contributed by atoms with Crippen LogP contribution >= 0.6 is 22.7 Å². The van der Waals surface area contributed by atoms with Crippen molar-refractivity contribution < 1.29 is 18.9 Å². The topological polar surface area (TPSA) is 36.9 Å². The summed E-state index contributed by atoms with van der Waals surface area (Å²) in [7, 11) is 3.37. The fourth-order valence-corrected chi connectivity index (χ4v) is 7.06. The minimum Gasteiger partial charge on any atom is -0.491 e. The SMILES string of the molecule is COCCOc1ccc2cc3c(cc2c1)sc1c2cc4ccc(OCCOC)cc4cc2sc31. The van der Waals surface area contributed by atoms with Crippen LogP contribution in [0.3, 0.4) is 0 Å². The molecule has 0 aliphatic rings. The van der Waals surface area contributed by atoms with Crippen molar-refractivity contribution in [2.45, 2.75) is 0 Å². The minimum atomic E-state index is 0.555. The molecule has 2 heterocycles. The van der Waals surface area contributed by atoms with Gasteiger partial charge >= 0.3 is 0 Å². The summed E-state index contributed by atoms with van der Waals surface area (Å²) in [5, 5.41) is 7.52. The van der Waals surface area contributed by atoms with E-state index in [1.165, 1.54) is 51.1 Å². The molecule has 0 spiro atoms. The maximum atomic E-state index is 5.81. The van der Waals surface area contributed by atoms with Crippen molar-refractivity contribution in [2.24, 2.45) is 0 Å². The number of ether oxygens (including phenoxy) is 4. The summed E-state index contributed by atoms with van der Waals surface area (Å²) in [6.45, 7) is 2.28. The van der Waals surface area contributed by atoms with E-state index in [1.807, 2.05) is 34.8 Å². The summed E-state index contributed by atoms with van der Waals surface area (Å²) in [5.41, 5.74) is 0. The molecule has 6 aromatic rings. The molecule has 6 rings (SSSR count). The number of benzene rings is 4. The van der Waals surface area contributed by atoms with Crippen LogP contribution in [-0.4, -0.2) is 40.6 Å². The van der Waals surface area contributed by atoms with Gasteiger partial charge in [0.05, 0.1) is 22.6 Å². The summed E-state index contributed by atoms with van der Waals surface area (Å²) in [5.74, 6) is 1.76. The Bertz CT molecular complexity index is 1520. The highest BCUT2D eigenvalue weighted by Gasteiger charge is 2.14. The van der Waals surface area contributed by atoms with Gasteiger partial charge in [-0.05, 0) is 70.1 Å². The van der Waals surface area contributed by atoms with Crippen LogP contribution in [0.5, 0.6) is 11.5 Å². The maximum Gasteiger partial charge on any atom is 0.120 e. The van der Waals surface area contributed by atoms with E-state index in [2.05, 4.69) is 48.5 Å². The number of hydrogen-bond donors (Lipinski definition) is 0. The molecule has 0 bridgehead atoms. The summed E-state index contributed by atoms with van der Waals surface area (Å²) in [6.07, 6.45) is 0. The van der Waals surface area contributed by atoms with Crippen LogP contribution in [0.1, 0.15) is 0 Å². The highest BCUT2D eigenvalue weighted by molar-refractivity contribution is 7.36. The lowest BCUT2D eigenvalue weighted by Crippen LogP contribution is -2.03. The summed E-state index contributed by atoms with van der Waals surface area (Å²) in [6, 6.07) is 21.8. The van der Waals surface area contributed by atoms with Crippen LogP contribution in [0, 0.1) is 0 Å². The molecule has 0 fully saturated rings. The molecular formula is C28H24O4S2. The number of thiophene rings is 2. The zero-order chi connectivity index (χ0) is 23.1. The van der Waals surface area contributed by atoms with E-state index < -0.39 is 0 Å². The van der Waals surface area contributed by atoms with Crippen LogP contribution < -0.4 is 9.47 Å². The van der Waals surface area contributed by atoms with Gasteiger partial charge in [0.1, 0.15) is 24.7 Å². The first-order chi connectivity index (χ1) is 16.7. The van der Waals surface area contributed by atoms with Gasteiger partial charge in [-0.2, -0.15) is 0 Å². The van der Waals surface area contributed by atoms with Crippen LogP contribution in [0.4, 0.5) is 0 Å². The smallest absolute Gasteiger partial charge is 0.120 e. The molecule has 0 unspecified atom stereocenters. The Hall–Kier alpha value is -2.90. The second kappa shape index (κ2) is 9.04. The zero-order valence-corrected chi connectivity index (χ0v) is 20.7. The maximum absolute atomic E-state index is 5.81. The number of methoxy groups -OCH3 is 2. The molecule has 0 aliphatic carbocycles. The Morgan fingerprint density at radius 1 is 0.529 bits per heavy atom. The Kier molecular flexibility index (Phi) is 5.75. The monoisotopic (exact) mass is 488 g/mol. The number of hydrogen-bond acceptors (Lipinski definition) is 6. The molecule has 0 saturated carbocycles. The first-order valence-corrected chi connectivity index (χ1v) is 12.9. The van der Waals surface area contributed by atoms with Crippen molar-refractivity contribution in [3.05, 3.63) is 60.7 Å².